The molecule has 0 aromatic carbocycles. The van der Waals surface area contributed by atoms with Gasteiger partial charge >= 0.3 is 11.9 Å². The first-order chi connectivity index (χ1) is 41.0. The van der Waals surface area contributed by atoms with Crippen molar-refractivity contribution in [2.45, 2.75) is 264 Å². The van der Waals surface area contributed by atoms with Crippen LogP contribution in [0.2, 0.25) is 0 Å². The Morgan fingerprint density at radius 2 is 0.643 bits per heavy atom. The Morgan fingerprint density at radius 1 is 0.369 bits per heavy atom. The molecule has 2 unspecified atom stereocenters. The van der Waals surface area contributed by atoms with E-state index < -0.39 is 32.5 Å². The van der Waals surface area contributed by atoms with Gasteiger partial charge in [0.05, 0.1) is 27.7 Å². The number of esters is 2. The van der Waals surface area contributed by atoms with E-state index in [1.54, 1.807) is 0 Å². The predicted octanol–water partition coefficient (Wildman–Crippen LogP) is 21.2. The molecule has 10 heteroatoms. The lowest BCUT2D eigenvalue weighted by Crippen LogP contribution is -2.37. The second-order valence-corrected chi connectivity index (χ2v) is 24.5. The first-order valence-corrected chi connectivity index (χ1v) is 35.0. The number of likely N-dealkylation sites (N-methyl/N-ethyl adjacent to an activating group) is 1. The van der Waals surface area contributed by atoms with Crippen LogP contribution in [0.1, 0.15) is 258 Å². The molecule has 0 saturated heterocycles. The maximum Gasteiger partial charge on any atom is 0.306 e. The number of phosphoric ester groups is 1. The number of quaternary nitrogens is 1. The number of rotatable bonds is 60. The zero-order chi connectivity index (χ0) is 61.2. The van der Waals surface area contributed by atoms with E-state index in [1.807, 2.05) is 21.1 Å². The van der Waals surface area contributed by atoms with Crippen LogP contribution in [0.25, 0.3) is 0 Å². The summed E-state index contributed by atoms with van der Waals surface area (Å²) >= 11 is 0. The third kappa shape index (κ3) is 67.0. The molecule has 0 bridgehead atoms. The summed E-state index contributed by atoms with van der Waals surface area (Å²) in [7, 11) is 1.15. The lowest BCUT2D eigenvalue weighted by atomic mass is 10.0. The number of ether oxygens (including phenoxy) is 2. The Bertz CT molecular complexity index is 1930. The number of hydrogen-bond donors (Lipinski definition) is 0. The van der Waals surface area contributed by atoms with Crippen molar-refractivity contribution in [2.24, 2.45) is 0 Å². The van der Waals surface area contributed by atoms with Crippen LogP contribution in [0.4, 0.5) is 0 Å². The number of carbonyl (C=O) groups is 2. The molecule has 9 nitrogen and oxygen atoms in total. The average Bonchev–Trinajstić information content (AvgIpc) is 3.61. The first-order valence-electron chi connectivity index (χ1n) is 33.5. The molecular weight excluding hydrogens is 1060 g/mol. The van der Waals surface area contributed by atoms with Gasteiger partial charge in [0, 0.05) is 12.8 Å². The van der Waals surface area contributed by atoms with Gasteiger partial charge < -0.3 is 27.9 Å². The van der Waals surface area contributed by atoms with Crippen LogP contribution < -0.4 is 4.89 Å². The van der Waals surface area contributed by atoms with Crippen LogP contribution in [0.15, 0.2) is 146 Å². The second-order valence-electron chi connectivity index (χ2n) is 23.1. The monoisotopic (exact) mass is 1190 g/mol. The molecule has 0 saturated carbocycles. The van der Waals surface area contributed by atoms with E-state index in [1.165, 1.54) is 89.9 Å². The van der Waals surface area contributed by atoms with Gasteiger partial charge in [-0.05, 0) is 116 Å². The van der Waals surface area contributed by atoms with Gasteiger partial charge in [0.1, 0.15) is 19.8 Å². The van der Waals surface area contributed by atoms with E-state index in [2.05, 4.69) is 160 Å². The molecule has 0 fully saturated rings. The summed E-state index contributed by atoms with van der Waals surface area (Å²) in [4.78, 5) is 38.0. The second kappa shape index (κ2) is 63.4. The fourth-order valence-corrected chi connectivity index (χ4v) is 9.51. The number of hydrogen-bond acceptors (Lipinski definition) is 8. The molecule has 0 radical (unpaired) electrons. The summed E-state index contributed by atoms with van der Waals surface area (Å²) in [6, 6.07) is 0. The molecule has 0 aliphatic heterocycles. The highest BCUT2D eigenvalue weighted by atomic mass is 31.2. The highest BCUT2D eigenvalue weighted by Gasteiger charge is 2.22. The minimum absolute atomic E-state index is 0.0384. The number of phosphoric acid groups is 1. The smallest absolute Gasteiger partial charge is 0.306 e. The average molecular weight is 1190 g/mol. The molecule has 0 N–H and O–H groups in total. The van der Waals surface area contributed by atoms with Crippen LogP contribution in [0.5, 0.6) is 0 Å². The highest BCUT2D eigenvalue weighted by Crippen LogP contribution is 2.38. The van der Waals surface area contributed by atoms with Crippen LogP contribution in [0.3, 0.4) is 0 Å². The first kappa shape index (κ1) is 79.9. The molecule has 0 spiro atoms. The van der Waals surface area contributed by atoms with Gasteiger partial charge in [-0.15, -0.1) is 0 Å². The van der Waals surface area contributed by atoms with Crippen molar-refractivity contribution in [1.29, 1.82) is 0 Å². The zero-order valence-electron chi connectivity index (χ0n) is 54.3. The number of nitrogens with zero attached hydrogens (tertiary/aromatic N) is 1. The van der Waals surface area contributed by atoms with E-state index in [4.69, 9.17) is 18.5 Å². The molecule has 0 aliphatic rings. The van der Waals surface area contributed by atoms with Crippen molar-refractivity contribution in [1.82, 2.24) is 0 Å². The van der Waals surface area contributed by atoms with Crippen molar-refractivity contribution in [3.8, 4) is 0 Å². The van der Waals surface area contributed by atoms with Gasteiger partial charge in [0.15, 0.2) is 6.10 Å². The normalized spacial score (nSPS) is 14.1. The van der Waals surface area contributed by atoms with Gasteiger partial charge in [-0.2, -0.15) is 0 Å². The zero-order valence-corrected chi connectivity index (χ0v) is 55.2. The third-order valence-corrected chi connectivity index (χ3v) is 14.8. The van der Waals surface area contributed by atoms with Gasteiger partial charge in [-0.1, -0.05) is 275 Å². The maximum absolute atomic E-state index is 12.9. The Hall–Kier alpha value is -4.11. The minimum atomic E-state index is -4.65. The topological polar surface area (TPSA) is 111 Å². The van der Waals surface area contributed by atoms with Crippen molar-refractivity contribution in [3.63, 3.8) is 0 Å². The van der Waals surface area contributed by atoms with E-state index in [-0.39, 0.29) is 26.1 Å². The largest absolute Gasteiger partial charge is 0.756 e. The number of unbranched alkanes of at least 4 members (excludes halogenated alkanes) is 22. The Kier molecular flexibility index (Phi) is 60.3. The van der Waals surface area contributed by atoms with Crippen molar-refractivity contribution < 1.29 is 42.1 Å². The molecule has 0 heterocycles. The summed E-state index contributed by atoms with van der Waals surface area (Å²) < 4.78 is 34.3. The van der Waals surface area contributed by atoms with E-state index in [0.717, 1.165) is 135 Å². The SMILES string of the molecule is CC/C=C\C/C=C\C/C=C\C/C=C\C/C=C\C/C=C\C/C=C\C/C=C\CCCCCCCCCCCCCCC(=O)OC(COC(=O)CCCCCCCCCCCC/C=C\C/C=C\C/C=C\C/C=C\CC)COP(=O)([O-])OCC[N+](C)(C)C. The van der Waals surface area contributed by atoms with Gasteiger partial charge in [0.2, 0.25) is 0 Å². The summed E-state index contributed by atoms with van der Waals surface area (Å²) in [6.45, 7) is 4.01. The Balaban J connectivity index is 4.10. The molecule has 0 rings (SSSR count). The fraction of sp³-hybridized carbons (Fsp3) is 0.649. The van der Waals surface area contributed by atoms with Crippen molar-refractivity contribution in [3.05, 3.63) is 146 Å². The molecule has 0 aromatic heterocycles. The quantitative estimate of drug-likeness (QED) is 0.0195. The molecular formula is C74H124NO8P. The van der Waals surface area contributed by atoms with Gasteiger partial charge in [-0.25, -0.2) is 0 Å². The minimum Gasteiger partial charge on any atom is -0.756 e. The highest BCUT2D eigenvalue weighted by molar-refractivity contribution is 7.45. The van der Waals surface area contributed by atoms with Crippen LogP contribution >= 0.6 is 7.82 Å². The molecule has 478 valence electrons. The standard InChI is InChI=1S/C74H124NO8P/c1-6-8-10-12-14-16-18-20-22-24-26-28-30-31-32-33-34-35-36-37-38-39-40-41-42-43-45-47-49-51-53-55-57-59-61-63-65-67-74(77)83-72(71-82-84(78,79)81-69-68-75(3,4)5)70-80-73(76)66-64-62-60-58-56-54-52-50-48-46-44-29-27-25-23-21-19-17-15-13-11-9-7-2/h8-11,14-17,20-23,26-29,31-32,34-35,37-38,40-41,72H,6-7,12-13,18-19,24-25,30,33,36,39,42-71H2,1-5H3/b10-8-,11-9-,16-14-,17-15-,22-20-,23-21-,28-26-,29-27-,32-31-,35-34-,38-37-,41-40-. The van der Waals surface area contributed by atoms with E-state index in [9.17, 15) is 19.0 Å². The van der Waals surface area contributed by atoms with Crippen molar-refractivity contribution in [2.75, 3.05) is 47.5 Å². The van der Waals surface area contributed by atoms with Crippen LogP contribution in [0, 0.1) is 0 Å². The number of carbonyl (C=O) groups excluding carboxylic acids is 2. The maximum atomic E-state index is 12.9. The summed E-state index contributed by atoms with van der Waals surface area (Å²) in [5.74, 6) is -0.845. The molecule has 0 aromatic rings. The van der Waals surface area contributed by atoms with E-state index >= 15 is 0 Å². The third-order valence-electron chi connectivity index (χ3n) is 13.9. The summed E-state index contributed by atoms with van der Waals surface area (Å²) in [6.07, 6.45) is 93.4. The molecule has 2 atom stereocenters. The molecule has 0 amide bonds. The number of allylic oxidation sites excluding steroid dienone is 24. The van der Waals surface area contributed by atoms with Gasteiger partial charge in [0.25, 0.3) is 7.82 Å². The lowest BCUT2D eigenvalue weighted by Gasteiger charge is -2.28. The predicted molar refractivity (Wildman–Crippen MR) is 360 cm³/mol. The Labute approximate surface area is 516 Å². The van der Waals surface area contributed by atoms with E-state index in [0.29, 0.717) is 17.4 Å². The Morgan fingerprint density at radius 3 is 0.952 bits per heavy atom. The fourth-order valence-electron chi connectivity index (χ4n) is 8.78. The molecule has 0 aliphatic carbocycles. The lowest BCUT2D eigenvalue weighted by molar-refractivity contribution is -0.870. The van der Waals surface area contributed by atoms with Crippen LogP contribution in [-0.2, 0) is 32.7 Å². The van der Waals surface area contributed by atoms with Crippen LogP contribution in [-0.4, -0.2) is 70.0 Å². The van der Waals surface area contributed by atoms with Crippen molar-refractivity contribution >= 4 is 19.8 Å². The summed E-state index contributed by atoms with van der Waals surface area (Å²) in [5.41, 5.74) is 0. The molecule has 84 heavy (non-hydrogen) atoms. The van der Waals surface area contributed by atoms with Gasteiger partial charge in [-0.3, -0.25) is 14.2 Å². The summed E-state index contributed by atoms with van der Waals surface area (Å²) in [5, 5.41) is 0.